The normalized spacial score (nSPS) is 10.4. The quantitative estimate of drug-likeness (QED) is 0.195. The molecule has 0 spiro atoms. The lowest BCUT2D eigenvalue weighted by atomic mass is 10.2. The minimum absolute atomic E-state index is 0.449. The number of amides is 1. The number of carbonyl (C=O) groups is 1. The highest BCUT2D eigenvalue weighted by molar-refractivity contribution is 6.30. The van der Waals surface area contributed by atoms with Crippen molar-refractivity contribution < 1.29 is 9.53 Å². The molecular formula is C16H19ClN4O2. The van der Waals surface area contributed by atoms with Crippen LogP contribution in [-0.4, -0.2) is 57.2 Å². The zero-order valence-corrected chi connectivity index (χ0v) is 13.7. The van der Waals surface area contributed by atoms with Gasteiger partial charge in [-0.2, -0.15) is 5.10 Å². The molecule has 0 aromatic heterocycles. The Morgan fingerprint density at radius 1 is 1.52 bits per heavy atom. The lowest BCUT2D eigenvalue weighted by Crippen LogP contribution is -2.38. The van der Waals surface area contributed by atoms with Crippen LogP contribution in [0, 0.1) is 11.8 Å². The topological polar surface area (TPSA) is 66.3 Å². The zero-order valence-electron chi connectivity index (χ0n) is 13.0. The molecule has 0 radical (unpaired) electrons. The molecule has 1 amide bonds. The molecule has 1 aromatic rings. The van der Waals surface area contributed by atoms with Gasteiger partial charge >= 0.3 is 0 Å². The van der Waals surface area contributed by atoms with Gasteiger partial charge in [0.05, 0.1) is 6.61 Å². The molecule has 0 bridgehead atoms. The third-order valence-corrected chi connectivity index (χ3v) is 3.02. The molecule has 6 nitrogen and oxygen atoms in total. The van der Waals surface area contributed by atoms with E-state index in [1.54, 1.807) is 19.2 Å². The molecule has 1 aromatic carbocycles. The van der Waals surface area contributed by atoms with Crippen LogP contribution in [0.3, 0.4) is 0 Å². The highest BCUT2D eigenvalue weighted by atomic mass is 35.5. The first-order chi connectivity index (χ1) is 11.2. The second-order valence-electron chi connectivity index (χ2n) is 4.38. The van der Waals surface area contributed by atoms with Gasteiger partial charge in [-0.3, -0.25) is 4.79 Å². The zero-order chi connectivity index (χ0) is 16.9. The standard InChI is InChI=1S/C16H19ClN4O2/c1-18-20-16(7-6-14-4-3-5-15(17)12-14)21(10-11-23-2)9-8-19-13-22/h3-5,12-13H,1,8-11H2,2H3,(H,19,22)/b20-16-. The van der Waals surface area contributed by atoms with Crippen LogP contribution in [0.4, 0.5) is 0 Å². The summed E-state index contributed by atoms with van der Waals surface area (Å²) in [7, 11) is 1.61. The Bertz CT molecular complexity index is 608. The molecular weight excluding hydrogens is 316 g/mol. The van der Waals surface area contributed by atoms with Crippen LogP contribution < -0.4 is 5.32 Å². The average molecular weight is 335 g/mol. The number of rotatable bonds is 8. The fraction of sp³-hybridized carbons (Fsp3) is 0.312. The molecule has 0 aliphatic rings. The van der Waals surface area contributed by atoms with Crippen LogP contribution in [0.25, 0.3) is 0 Å². The van der Waals surface area contributed by atoms with Crippen LogP contribution in [0.5, 0.6) is 0 Å². The smallest absolute Gasteiger partial charge is 0.207 e. The molecule has 0 aliphatic carbocycles. The number of nitrogens with one attached hydrogen (secondary N) is 1. The van der Waals surface area contributed by atoms with E-state index in [9.17, 15) is 4.79 Å². The van der Waals surface area contributed by atoms with Gasteiger partial charge in [0.15, 0.2) is 0 Å². The van der Waals surface area contributed by atoms with Gasteiger partial charge < -0.3 is 15.0 Å². The molecule has 23 heavy (non-hydrogen) atoms. The summed E-state index contributed by atoms with van der Waals surface area (Å²) in [5.41, 5.74) is 0.770. The average Bonchev–Trinajstić information content (AvgIpc) is 2.55. The van der Waals surface area contributed by atoms with Crippen molar-refractivity contribution in [3.8, 4) is 11.8 Å². The van der Waals surface area contributed by atoms with Crippen molar-refractivity contribution in [2.45, 2.75) is 0 Å². The number of hydrogen-bond donors (Lipinski definition) is 1. The van der Waals surface area contributed by atoms with E-state index in [1.165, 1.54) is 0 Å². The second kappa shape index (κ2) is 11.2. The summed E-state index contributed by atoms with van der Waals surface area (Å²) in [6.07, 6.45) is 0.648. The summed E-state index contributed by atoms with van der Waals surface area (Å²) < 4.78 is 5.09. The summed E-state index contributed by atoms with van der Waals surface area (Å²) in [4.78, 5) is 12.3. The predicted octanol–water partition coefficient (Wildman–Crippen LogP) is 1.40. The Morgan fingerprint density at radius 2 is 2.35 bits per heavy atom. The van der Waals surface area contributed by atoms with E-state index in [0.717, 1.165) is 5.56 Å². The van der Waals surface area contributed by atoms with Crippen molar-refractivity contribution in [3.05, 3.63) is 34.9 Å². The molecule has 0 fully saturated rings. The maximum Gasteiger partial charge on any atom is 0.207 e. The van der Waals surface area contributed by atoms with E-state index in [-0.39, 0.29) is 0 Å². The predicted molar refractivity (Wildman–Crippen MR) is 92.8 cm³/mol. The first-order valence-corrected chi connectivity index (χ1v) is 7.31. The van der Waals surface area contributed by atoms with Gasteiger partial charge in [-0.1, -0.05) is 23.6 Å². The van der Waals surface area contributed by atoms with Crippen molar-refractivity contribution in [3.63, 3.8) is 0 Å². The minimum atomic E-state index is 0.449. The van der Waals surface area contributed by atoms with Crippen LogP contribution in [0.2, 0.25) is 5.02 Å². The van der Waals surface area contributed by atoms with Gasteiger partial charge in [-0.25, -0.2) is 0 Å². The summed E-state index contributed by atoms with van der Waals surface area (Å²) in [6.45, 7) is 5.42. The highest BCUT2D eigenvalue weighted by Crippen LogP contribution is 2.09. The first-order valence-electron chi connectivity index (χ1n) is 6.93. The van der Waals surface area contributed by atoms with Gasteiger partial charge in [0.25, 0.3) is 0 Å². The van der Waals surface area contributed by atoms with E-state index in [0.29, 0.717) is 43.5 Å². The van der Waals surface area contributed by atoms with Crippen molar-refractivity contribution in [1.82, 2.24) is 10.2 Å². The number of hydrogen-bond acceptors (Lipinski definition) is 4. The van der Waals surface area contributed by atoms with Gasteiger partial charge in [-0.15, -0.1) is 5.10 Å². The lowest BCUT2D eigenvalue weighted by molar-refractivity contribution is -0.109. The maximum absolute atomic E-state index is 10.4. The Labute approximate surface area is 141 Å². The summed E-state index contributed by atoms with van der Waals surface area (Å²) in [6, 6.07) is 7.22. The molecule has 0 unspecified atom stereocenters. The fourth-order valence-electron chi connectivity index (χ4n) is 1.71. The van der Waals surface area contributed by atoms with Crippen LogP contribution in [0.15, 0.2) is 34.5 Å². The summed E-state index contributed by atoms with van der Waals surface area (Å²) >= 11 is 5.94. The second-order valence-corrected chi connectivity index (χ2v) is 4.81. The molecule has 1 N–H and O–H groups in total. The van der Waals surface area contributed by atoms with Crippen LogP contribution >= 0.6 is 11.6 Å². The number of carbonyl (C=O) groups excluding carboxylic acids is 1. The van der Waals surface area contributed by atoms with E-state index in [2.05, 4.69) is 34.1 Å². The van der Waals surface area contributed by atoms with Gasteiger partial charge in [0, 0.05) is 44.0 Å². The highest BCUT2D eigenvalue weighted by Gasteiger charge is 2.09. The van der Waals surface area contributed by atoms with Crippen molar-refractivity contribution in [2.75, 3.05) is 33.4 Å². The van der Waals surface area contributed by atoms with Gasteiger partial charge in [0.2, 0.25) is 12.2 Å². The molecule has 7 heteroatoms. The number of amidine groups is 1. The summed E-state index contributed by atoms with van der Waals surface area (Å²) in [5.74, 6) is 6.40. The molecule has 1 rings (SSSR count). The van der Waals surface area contributed by atoms with E-state index < -0.39 is 0 Å². The van der Waals surface area contributed by atoms with Crippen molar-refractivity contribution >= 4 is 30.6 Å². The lowest BCUT2D eigenvalue weighted by Gasteiger charge is -2.21. The molecule has 0 heterocycles. The van der Waals surface area contributed by atoms with Crippen molar-refractivity contribution in [1.29, 1.82) is 0 Å². The Hall–Kier alpha value is -2.36. The van der Waals surface area contributed by atoms with E-state index >= 15 is 0 Å². The Balaban J connectivity index is 2.93. The third kappa shape index (κ3) is 7.45. The number of ether oxygens (including phenoxy) is 1. The van der Waals surface area contributed by atoms with Crippen LogP contribution in [-0.2, 0) is 9.53 Å². The Morgan fingerprint density at radius 3 is 3.00 bits per heavy atom. The maximum atomic E-state index is 10.4. The Kier molecular flexibility index (Phi) is 9.13. The summed E-state index contributed by atoms with van der Waals surface area (Å²) in [5, 5.41) is 10.7. The number of nitrogens with zero attached hydrogens (tertiary/aromatic N) is 3. The number of halogens is 1. The van der Waals surface area contributed by atoms with E-state index in [4.69, 9.17) is 16.3 Å². The molecule has 0 saturated carbocycles. The van der Waals surface area contributed by atoms with Gasteiger partial charge in [-0.05, 0) is 24.1 Å². The molecule has 0 aliphatic heterocycles. The first kappa shape index (κ1) is 18.7. The molecule has 0 atom stereocenters. The number of benzene rings is 1. The molecule has 0 saturated heterocycles. The SMILES string of the molecule is C=N/N=C(/C#Cc1cccc(Cl)c1)N(CCNC=O)CCOC. The minimum Gasteiger partial charge on any atom is -0.383 e. The molecule has 122 valence electrons. The largest absolute Gasteiger partial charge is 0.383 e. The van der Waals surface area contributed by atoms with Gasteiger partial charge in [0.1, 0.15) is 0 Å². The fourth-order valence-corrected chi connectivity index (χ4v) is 1.90. The van der Waals surface area contributed by atoms with Crippen LogP contribution in [0.1, 0.15) is 5.56 Å². The van der Waals surface area contributed by atoms with E-state index in [1.807, 2.05) is 17.0 Å². The monoisotopic (exact) mass is 334 g/mol. The van der Waals surface area contributed by atoms with Crippen molar-refractivity contribution in [2.24, 2.45) is 10.2 Å². The number of methoxy groups -OCH3 is 1. The third-order valence-electron chi connectivity index (χ3n) is 2.78.